The highest BCUT2D eigenvalue weighted by molar-refractivity contribution is 7.80. The molecule has 0 bridgehead atoms. The van der Waals surface area contributed by atoms with Gasteiger partial charge in [0.25, 0.3) is 0 Å². The molecule has 2 nitrogen and oxygen atoms in total. The van der Waals surface area contributed by atoms with Gasteiger partial charge in [-0.05, 0) is 12.1 Å². The molecule has 0 atom stereocenters. The molecule has 0 spiro atoms. The topological polar surface area (TPSA) is 35.2 Å². The minimum absolute atomic E-state index is 0.286. The van der Waals surface area contributed by atoms with E-state index in [1.807, 2.05) is 0 Å². The Bertz CT molecular complexity index is 314. The van der Waals surface area contributed by atoms with Gasteiger partial charge in [0, 0.05) is 0 Å². The average molecular weight is 202 g/mol. The lowest BCUT2D eigenvalue weighted by Crippen LogP contribution is -2.10. The number of hydrogen-bond acceptors (Lipinski definition) is 2. The highest BCUT2D eigenvalue weighted by Crippen LogP contribution is 2.27. The first-order valence-corrected chi connectivity index (χ1v) is 4.07. The monoisotopic (exact) mass is 201 g/mol. The Morgan fingerprint density at radius 3 is 2.67 bits per heavy atom. The van der Waals surface area contributed by atoms with Crippen LogP contribution in [0.3, 0.4) is 0 Å². The van der Waals surface area contributed by atoms with Crippen molar-refractivity contribution >= 4 is 28.8 Å². The first-order valence-electron chi connectivity index (χ1n) is 3.29. The Kier molecular flexibility index (Phi) is 2.89. The fourth-order valence-corrected chi connectivity index (χ4v) is 1.32. The Morgan fingerprint density at radius 2 is 2.25 bits per heavy atom. The van der Waals surface area contributed by atoms with E-state index >= 15 is 0 Å². The molecular weight excluding hydrogens is 194 g/mol. The molecule has 0 unspecified atom stereocenters. The molecule has 0 aliphatic carbocycles. The van der Waals surface area contributed by atoms with Crippen LogP contribution in [0.4, 0.5) is 0 Å². The Balaban J connectivity index is 3.27. The molecule has 1 aromatic carbocycles. The molecule has 0 aliphatic rings. The molecule has 0 radical (unpaired) electrons. The molecule has 1 rings (SSSR count). The number of halogens is 1. The van der Waals surface area contributed by atoms with Crippen LogP contribution in [0.1, 0.15) is 5.56 Å². The lowest BCUT2D eigenvalue weighted by Gasteiger charge is -2.07. The van der Waals surface area contributed by atoms with Gasteiger partial charge >= 0.3 is 0 Å². The van der Waals surface area contributed by atoms with Gasteiger partial charge in [-0.3, -0.25) is 0 Å². The normalized spacial score (nSPS) is 9.50. The standard InChI is InChI=1S/C8H8ClNOS/c1-11-7-5(8(10)12)3-2-4-6(7)9/h2-4H,1H3,(H2,10,12). The molecule has 0 heterocycles. The molecule has 12 heavy (non-hydrogen) atoms. The van der Waals surface area contributed by atoms with Crippen LogP contribution in [0.25, 0.3) is 0 Å². The van der Waals surface area contributed by atoms with E-state index < -0.39 is 0 Å². The van der Waals surface area contributed by atoms with Gasteiger partial charge in [-0.25, -0.2) is 0 Å². The number of nitrogens with two attached hydrogens (primary N) is 1. The molecule has 4 heteroatoms. The number of para-hydroxylation sites is 1. The minimum Gasteiger partial charge on any atom is -0.494 e. The van der Waals surface area contributed by atoms with Gasteiger partial charge in [0.05, 0.1) is 17.7 Å². The van der Waals surface area contributed by atoms with Crippen LogP contribution in [-0.4, -0.2) is 12.1 Å². The van der Waals surface area contributed by atoms with E-state index in [2.05, 4.69) is 0 Å². The zero-order valence-corrected chi connectivity index (χ0v) is 8.08. The molecule has 64 valence electrons. The molecule has 0 amide bonds. The van der Waals surface area contributed by atoms with Crippen molar-refractivity contribution in [3.63, 3.8) is 0 Å². The van der Waals surface area contributed by atoms with Crippen molar-refractivity contribution in [3.05, 3.63) is 28.8 Å². The summed E-state index contributed by atoms with van der Waals surface area (Å²) in [5.41, 5.74) is 6.12. The van der Waals surface area contributed by atoms with Crippen molar-refractivity contribution in [3.8, 4) is 5.75 Å². The summed E-state index contributed by atoms with van der Waals surface area (Å²) in [5, 5.41) is 0.516. The number of thiocarbonyl (C=S) groups is 1. The third-order valence-corrected chi connectivity index (χ3v) is 1.95. The van der Waals surface area contributed by atoms with E-state index in [1.54, 1.807) is 18.2 Å². The van der Waals surface area contributed by atoms with Crippen molar-refractivity contribution in [1.82, 2.24) is 0 Å². The predicted octanol–water partition coefficient (Wildman–Crippen LogP) is 1.98. The van der Waals surface area contributed by atoms with E-state index in [-0.39, 0.29) is 4.99 Å². The van der Waals surface area contributed by atoms with Gasteiger partial charge in [-0.2, -0.15) is 0 Å². The first kappa shape index (κ1) is 9.29. The smallest absolute Gasteiger partial charge is 0.147 e. The van der Waals surface area contributed by atoms with Gasteiger partial charge in [0.1, 0.15) is 10.7 Å². The molecule has 0 saturated heterocycles. The fraction of sp³-hybridized carbons (Fsp3) is 0.125. The van der Waals surface area contributed by atoms with Crippen molar-refractivity contribution in [1.29, 1.82) is 0 Å². The Hall–Kier alpha value is -0.800. The van der Waals surface area contributed by atoms with E-state index in [1.165, 1.54) is 7.11 Å². The Labute approximate surface area is 81.3 Å². The number of methoxy groups -OCH3 is 1. The van der Waals surface area contributed by atoms with Gasteiger partial charge in [0.15, 0.2) is 0 Å². The molecule has 2 N–H and O–H groups in total. The van der Waals surface area contributed by atoms with Gasteiger partial charge in [-0.1, -0.05) is 29.9 Å². The van der Waals surface area contributed by atoms with Crippen LogP contribution in [-0.2, 0) is 0 Å². The number of rotatable bonds is 2. The zero-order valence-electron chi connectivity index (χ0n) is 6.50. The summed E-state index contributed by atoms with van der Waals surface area (Å²) < 4.78 is 5.04. The van der Waals surface area contributed by atoms with Crippen LogP contribution >= 0.6 is 23.8 Å². The molecule has 0 aliphatic heterocycles. The quantitative estimate of drug-likeness (QED) is 0.744. The van der Waals surface area contributed by atoms with E-state index in [0.717, 1.165) is 0 Å². The number of benzene rings is 1. The number of hydrogen-bond donors (Lipinski definition) is 1. The maximum absolute atomic E-state index is 5.83. The van der Waals surface area contributed by atoms with Crippen LogP contribution in [0.15, 0.2) is 18.2 Å². The van der Waals surface area contributed by atoms with E-state index in [0.29, 0.717) is 16.3 Å². The minimum atomic E-state index is 0.286. The third kappa shape index (κ3) is 1.68. The number of ether oxygens (including phenoxy) is 1. The molecule has 0 saturated carbocycles. The van der Waals surface area contributed by atoms with Crippen molar-refractivity contribution < 1.29 is 4.74 Å². The summed E-state index contributed by atoms with van der Waals surface area (Å²) in [5.74, 6) is 0.534. The highest BCUT2D eigenvalue weighted by Gasteiger charge is 2.08. The molecule has 0 fully saturated rings. The summed E-state index contributed by atoms with van der Waals surface area (Å²) in [6.07, 6.45) is 0. The van der Waals surface area contributed by atoms with Crippen LogP contribution in [0.2, 0.25) is 5.02 Å². The maximum Gasteiger partial charge on any atom is 0.147 e. The van der Waals surface area contributed by atoms with Gasteiger partial charge in [-0.15, -0.1) is 0 Å². The summed E-state index contributed by atoms with van der Waals surface area (Å²) in [7, 11) is 1.53. The zero-order chi connectivity index (χ0) is 9.14. The van der Waals surface area contributed by atoms with Gasteiger partial charge in [0.2, 0.25) is 0 Å². The maximum atomic E-state index is 5.83. The third-order valence-electron chi connectivity index (χ3n) is 1.44. The van der Waals surface area contributed by atoms with Crippen LogP contribution in [0, 0.1) is 0 Å². The SMILES string of the molecule is COc1c(Cl)cccc1C(N)=S. The summed E-state index contributed by atoms with van der Waals surface area (Å²) in [6, 6.07) is 5.27. The summed E-state index contributed by atoms with van der Waals surface area (Å²) >= 11 is 10.6. The van der Waals surface area contributed by atoms with Crippen molar-refractivity contribution in [2.75, 3.05) is 7.11 Å². The van der Waals surface area contributed by atoms with Crippen LogP contribution in [0.5, 0.6) is 5.75 Å². The molecule has 0 aromatic heterocycles. The molecule has 1 aromatic rings. The fourth-order valence-electron chi connectivity index (χ4n) is 0.910. The van der Waals surface area contributed by atoms with Crippen molar-refractivity contribution in [2.24, 2.45) is 5.73 Å². The second-order valence-corrected chi connectivity index (χ2v) is 3.03. The van der Waals surface area contributed by atoms with E-state index in [9.17, 15) is 0 Å². The average Bonchev–Trinajstić information content (AvgIpc) is 2.03. The van der Waals surface area contributed by atoms with Crippen molar-refractivity contribution in [2.45, 2.75) is 0 Å². The van der Waals surface area contributed by atoms with Crippen LogP contribution < -0.4 is 10.5 Å². The largest absolute Gasteiger partial charge is 0.494 e. The van der Waals surface area contributed by atoms with Gasteiger partial charge < -0.3 is 10.5 Å². The lowest BCUT2D eigenvalue weighted by molar-refractivity contribution is 0.414. The predicted molar refractivity (Wildman–Crippen MR) is 53.9 cm³/mol. The molecular formula is C8H8ClNOS. The Morgan fingerprint density at radius 1 is 1.58 bits per heavy atom. The lowest BCUT2D eigenvalue weighted by atomic mass is 10.2. The summed E-state index contributed by atoms with van der Waals surface area (Å²) in [4.78, 5) is 0.286. The van der Waals surface area contributed by atoms with E-state index in [4.69, 9.17) is 34.3 Å². The second-order valence-electron chi connectivity index (χ2n) is 2.18. The second kappa shape index (κ2) is 3.74. The summed E-state index contributed by atoms with van der Waals surface area (Å²) in [6.45, 7) is 0. The highest BCUT2D eigenvalue weighted by atomic mass is 35.5. The first-order chi connectivity index (χ1) is 5.66.